The zero-order chi connectivity index (χ0) is 14.4. The molecule has 21 heavy (non-hydrogen) atoms. The molecule has 0 spiro atoms. The molecule has 3 aromatic rings. The Labute approximate surface area is 133 Å². The van der Waals surface area contributed by atoms with Gasteiger partial charge in [-0.3, -0.25) is 4.79 Å². The van der Waals surface area contributed by atoms with E-state index in [1.54, 1.807) is 11.3 Å². The molecule has 6 heteroatoms. The van der Waals surface area contributed by atoms with E-state index in [-0.39, 0.29) is 5.56 Å². The molecular weight excluding hydrogens is 350 g/mol. The maximum absolute atomic E-state index is 12.5. The number of aromatic amines is 1. The van der Waals surface area contributed by atoms with Crippen molar-refractivity contribution < 1.29 is 0 Å². The number of fused-ring (bicyclic) bond motifs is 3. The summed E-state index contributed by atoms with van der Waals surface area (Å²) in [5.41, 5.74) is 2.05. The third kappa shape index (κ3) is 2.23. The average Bonchev–Trinajstić information content (AvgIpc) is 2.86. The van der Waals surface area contributed by atoms with E-state index in [2.05, 4.69) is 31.2 Å². The van der Waals surface area contributed by atoms with Gasteiger partial charge in [0.1, 0.15) is 10.7 Å². The molecule has 0 saturated carbocycles. The van der Waals surface area contributed by atoms with E-state index in [9.17, 15) is 4.79 Å². The van der Waals surface area contributed by atoms with Crippen molar-refractivity contribution in [3.8, 4) is 11.4 Å². The van der Waals surface area contributed by atoms with Crippen LogP contribution in [-0.4, -0.2) is 16.5 Å². The Kier molecular flexibility index (Phi) is 3.17. The number of thiophene rings is 1. The zero-order valence-corrected chi connectivity index (χ0v) is 13.5. The first kappa shape index (κ1) is 13.2. The van der Waals surface area contributed by atoms with E-state index in [4.69, 9.17) is 0 Å². The second kappa shape index (κ2) is 5.05. The van der Waals surface area contributed by atoms with Crippen molar-refractivity contribution in [3.05, 3.63) is 49.5 Å². The molecule has 4 nitrogen and oxygen atoms in total. The molecule has 2 aromatic heterocycles. The number of rotatable bonds is 1. The predicted octanol–water partition coefficient (Wildman–Crippen LogP) is 3.06. The summed E-state index contributed by atoms with van der Waals surface area (Å²) < 4.78 is 0.970. The van der Waals surface area contributed by atoms with Gasteiger partial charge in [-0.1, -0.05) is 28.1 Å². The molecule has 0 fully saturated rings. The monoisotopic (exact) mass is 361 g/mol. The van der Waals surface area contributed by atoms with Gasteiger partial charge in [-0.15, -0.1) is 11.3 Å². The minimum absolute atomic E-state index is 0.0330. The van der Waals surface area contributed by atoms with Crippen molar-refractivity contribution in [2.24, 2.45) is 0 Å². The van der Waals surface area contributed by atoms with Crippen molar-refractivity contribution >= 4 is 37.5 Å². The van der Waals surface area contributed by atoms with E-state index in [1.165, 1.54) is 10.4 Å². The molecule has 106 valence electrons. The molecule has 1 aliphatic heterocycles. The Bertz CT molecular complexity index is 900. The van der Waals surface area contributed by atoms with Crippen LogP contribution in [0.2, 0.25) is 0 Å². The van der Waals surface area contributed by atoms with Crippen LogP contribution in [0.15, 0.2) is 33.5 Å². The van der Waals surface area contributed by atoms with Crippen molar-refractivity contribution in [1.29, 1.82) is 0 Å². The first-order valence-electron chi connectivity index (χ1n) is 6.73. The lowest BCUT2D eigenvalue weighted by atomic mass is 10.1. The number of benzene rings is 1. The van der Waals surface area contributed by atoms with Crippen molar-refractivity contribution in [2.45, 2.75) is 13.0 Å². The number of nitrogens with one attached hydrogen (secondary N) is 2. The largest absolute Gasteiger partial charge is 0.312 e. The highest BCUT2D eigenvalue weighted by Crippen LogP contribution is 2.31. The third-order valence-electron chi connectivity index (χ3n) is 3.68. The summed E-state index contributed by atoms with van der Waals surface area (Å²) in [7, 11) is 0. The van der Waals surface area contributed by atoms with Crippen LogP contribution in [-0.2, 0) is 13.0 Å². The quantitative estimate of drug-likeness (QED) is 0.700. The number of nitrogens with zero attached hydrogens (tertiary/aromatic N) is 1. The highest BCUT2D eigenvalue weighted by molar-refractivity contribution is 9.10. The summed E-state index contributed by atoms with van der Waals surface area (Å²) in [6.45, 7) is 1.76. The molecule has 0 unspecified atom stereocenters. The average molecular weight is 362 g/mol. The smallest absolute Gasteiger partial charge is 0.260 e. The van der Waals surface area contributed by atoms with E-state index in [0.29, 0.717) is 5.82 Å². The second-order valence-electron chi connectivity index (χ2n) is 5.04. The van der Waals surface area contributed by atoms with Gasteiger partial charge in [0.15, 0.2) is 0 Å². The van der Waals surface area contributed by atoms with Crippen LogP contribution >= 0.6 is 27.3 Å². The fraction of sp³-hybridized carbons (Fsp3) is 0.200. The van der Waals surface area contributed by atoms with E-state index < -0.39 is 0 Å². The summed E-state index contributed by atoms with van der Waals surface area (Å²) in [5, 5.41) is 4.11. The van der Waals surface area contributed by atoms with Crippen molar-refractivity contribution in [1.82, 2.24) is 15.3 Å². The van der Waals surface area contributed by atoms with Gasteiger partial charge in [0.25, 0.3) is 5.56 Å². The molecule has 4 rings (SSSR count). The van der Waals surface area contributed by atoms with E-state index >= 15 is 0 Å². The van der Waals surface area contributed by atoms with Gasteiger partial charge < -0.3 is 10.3 Å². The van der Waals surface area contributed by atoms with Gasteiger partial charge >= 0.3 is 0 Å². The maximum Gasteiger partial charge on any atom is 0.260 e. The number of aromatic nitrogens is 2. The molecular formula is C15H12BrN3OS. The maximum atomic E-state index is 12.5. The highest BCUT2D eigenvalue weighted by Gasteiger charge is 2.19. The third-order valence-corrected chi connectivity index (χ3v) is 5.30. The lowest BCUT2D eigenvalue weighted by Gasteiger charge is -2.11. The minimum Gasteiger partial charge on any atom is -0.312 e. The fourth-order valence-corrected chi connectivity index (χ4v) is 4.29. The molecule has 0 amide bonds. The van der Waals surface area contributed by atoms with Crippen LogP contribution < -0.4 is 10.9 Å². The van der Waals surface area contributed by atoms with Crippen LogP contribution in [0.3, 0.4) is 0 Å². The van der Waals surface area contributed by atoms with Gasteiger partial charge in [0.2, 0.25) is 0 Å². The first-order valence-corrected chi connectivity index (χ1v) is 8.34. The molecule has 0 aliphatic carbocycles. The minimum atomic E-state index is -0.0330. The summed E-state index contributed by atoms with van der Waals surface area (Å²) in [6, 6.07) is 7.80. The van der Waals surface area contributed by atoms with Crippen LogP contribution in [0.4, 0.5) is 0 Å². The van der Waals surface area contributed by atoms with Crippen LogP contribution in [0.25, 0.3) is 21.6 Å². The second-order valence-corrected chi connectivity index (χ2v) is 7.03. The molecule has 2 N–H and O–H groups in total. The molecule has 0 bridgehead atoms. The zero-order valence-electron chi connectivity index (χ0n) is 11.1. The Hall–Kier alpha value is -1.50. The number of hydrogen-bond donors (Lipinski definition) is 2. The fourth-order valence-electron chi connectivity index (χ4n) is 2.71. The van der Waals surface area contributed by atoms with Gasteiger partial charge in [0.05, 0.1) is 5.39 Å². The summed E-state index contributed by atoms with van der Waals surface area (Å²) in [5.74, 6) is 0.625. The van der Waals surface area contributed by atoms with Crippen LogP contribution in [0, 0.1) is 0 Å². The SMILES string of the molecule is O=c1[nH]c(-c2cccc(Br)c2)nc2sc3c(c12)CCNC3. The van der Waals surface area contributed by atoms with Crippen LogP contribution in [0.1, 0.15) is 10.4 Å². The number of hydrogen-bond acceptors (Lipinski definition) is 4. The molecule has 1 aromatic carbocycles. The summed E-state index contributed by atoms with van der Waals surface area (Å²) in [4.78, 5) is 22.1. The summed E-state index contributed by atoms with van der Waals surface area (Å²) >= 11 is 5.07. The Morgan fingerprint density at radius 3 is 3.10 bits per heavy atom. The van der Waals surface area contributed by atoms with Gasteiger partial charge in [0, 0.05) is 21.5 Å². The molecule has 3 heterocycles. The Balaban J connectivity index is 1.96. The van der Waals surface area contributed by atoms with Gasteiger partial charge in [-0.05, 0) is 30.7 Å². The number of H-pyrrole nitrogens is 1. The van der Waals surface area contributed by atoms with Gasteiger partial charge in [-0.2, -0.15) is 0 Å². The van der Waals surface area contributed by atoms with Crippen LogP contribution in [0.5, 0.6) is 0 Å². The lowest BCUT2D eigenvalue weighted by molar-refractivity contribution is 0.657. The summed E-state index contributed by atoms with van der Waals surface area (Å²) in [6.07, 6.45) is 0.899. The first-order chi connectivity index (χ1) is 10.2. The normalized spacial score (nSPS) is 14.3. The predicted molar refractivity (Wildman–Crippen MR) is 88.8 cm³/mol. The topological polar surface area (TPSA) is 57.8 Å². The van der Waals surface area contributed by atoms with Crippen molar-refractivity contribution in [2.75, 3.05) is 6.54 Å². The molecule has 1 aliphatic rings. The van der Waals surface area contributed by atoms with E-state index in [1.807, 2.05) is 24.3 Å². The van der Waals surface area contributed by atoms with E-state index in [0.717, 1.165) is 39.8 Å². The lowest BCUT2D eigenvalue weighted by Crippen LogP contribution is -2.23. The Morgan fingerprint density at radius 2 is 2.24 bits per heavy atom. The van der Waals surface area contributed by atoms with Gasteiger partial charge in [-0.25, -0.2) is 4.98 Å². The highest BCUT2D eigenvalue weighted by atomic mass is 79.9. The molecule has 0 saturated heterocycles. The molecule has 0 radical (unpaired) electrons. The standard InChI is InChI=1S/C15H12BrN3OS/c16-9-3-1-2-8(6-9)13-18-14(20)12-10-4-5-17-7-11(10)21-15(12)19-13/h1-3,6,17H,4-5,7H2,(H,18,19,20). The van der Waals surface area contributed by atoms with Crippen molar-refractivity contribution in [3.63, 3.8) is 0 Å². The number of halogens is 1. The molecule has 0 atom stereocenters. The Morgan fingerprint density at radius 1 is 1.33 bits per heavy atom.